The van der Waals surface area contributed by atoms with Gasteiger partial charge in [-0.25, -0.2) is 0 Å². The summed E-state index contributed by atoms with van der Waals surface area (Å²) in [7, 11) is 1.62. The number of amides is 1. The van der Waals surface area contributed by atoms with E-state index in [1.54, 1.807) is 7.11 Å². The van der Waals surface area contributed by atoms with Gasteiger partial charge < -0.3 is 20.1 Å². The second-order valence-corrected chi connectivity index (χ2v) is 6.35. The van der Waals surface area contributed by atoms with Crippen LogP contribution in [-0.2, 0) is 4.79 Å². The van der Waals surface area contributed by atoms with E-state index in [1.807, 2.05) is 29.2 Å². The zero-order valence-corrected chi connectivity index (χ0v) is 14.3. The molecule has 1 unspecified atom stereocenters. The topological polar surface area (TPSA) is 64.8 Å². The molecule has 2 aliphatic rings. The van der Waals surface area contributed by atoms with Crippen LogP contribution in [0.15, 0.2) is 23.8 Å². The number of carbonyl (C=O) groups excluding carboxylic acids is 1. The van der Waals surface area contributed by atoms with Crippen molar-refractivity contribution in [2.75, 3.05) is 33.4 Å². The number of ether oxygens (including phenoxy) is 2. The van der Waals surface area contributed by atoms with E-state index in [0.717, 1.165) is 30.0 Å². The molecule has 2 N–H and O–H groups in total. The summed E-state index contributed by atoms with van der Waals surface area (Å²) in [5, 5.41) is 0. The Morgan fingerprint density at radius 3 is 2.91 bits per heavy atom. The molecule has 2 heterocycles. The van der Waals surface area contributed by atoms with Crippen LogP contribution in [-0.4, -0.2) is 44.2 Å². The van der Waals surface area contributed by atoms with Gasteiger partial charge in [0.25, 0.3) is 5.91 Å². The van der Waals surface area contributed by atoms with E-state index in [9.17, 15) is 4.79 Å². The average molecular weight is 339 g/mol. The first-order chi connectivity index (χ1) is 10.5. The first-order valence-corrected chi connectivity index (χ1v) is 7.55. The number of likely N-dealkylation sites (tertiary alicyclic amines) is 1. The number of methoxy groups -OCH3 is 1. The molecule has 2 aliphatic heterocycles. The number of fused-ring (bicyclic) bond motifs is 1. The lowest BCUT2D eigenvalue weighted by Gasteiger charge is -2.25. The Kier molecular flexibility index (Phi) is 5.22. The van der Waals surface area contributed by atoms with Crippen LogP contribution in [0.25, 0.3) is 6.08 Å². The van der Waals surface area contributed by atoms with Crippen molar-refractivity contribution in [3.63, 3.8) is 0 Å². The molecule has 5 nitrogen and oxygen atoms in total. The Bertz CT molecular complexity index is 632. The zero-order chi connectivity index (χ0) is 15.7. The first kappa shape index (κ1) is 17.6. The monoisotopic (exact) mass is 338 g/mol. The summed E-state index contributed by atoms with van der Waals surface area (Å²) in [5.41, 5.74) is 7.41. The summed E-state index contributed by atoms with van der Waals surface area (Å²) in [4.78, 5) is 14.6. The molecule has 1 saturated heterocycles. The van der Waals surface area contributed by atoms with Crippen LogP contribution in [0.5, 0.6) is 11.5 Å². The van der Waals surface area contributed by atoms with Crippen molar-refractivity contribution >= 4 is 24.4 Å². The summed E-state index contributed by atoms with van der Waals surface area (Å²) in [6, 6.07) is 5.61. The predicted molar refractivity (Wildman–Crippen MR) is 92.1 cm³/mol. The van der Waals surface area contributed by atoms with Crippen molar-refractivity contribution in [2.45, 2.75) is 13.3 Å². The third kappa shape index (κ3) is 3.46. The molecule has 0 aliphatic carbocycles. The third-order valence-corrected chi connectivity index (χ3v) is 4.54. The fourth-order valence-electron chi connectivity index (χ4n) is 2.97. The minimum absolute atomic E-state index is 0. The van der Waals surface area contributed by atoms with Crippen molar-refractivity contribution in [3.05, 3.63) is 29.3 Å². The molecule has 23 heavy (non-hydrogen) atoms. The Labute approximate surface area is 142 Å². The Balaban J connectivity index is 0.00000192. The number of halogens is 1. The summed E-state index contributed by atoms with van der Waals surface area (Å²) < 4.78 is 10.9. The van der Waals surface area contributed by atoms with E-state index in [0.29, 0.717) is 25.3 Å². The molecule has 0 spiro atoms. The lowest BCUT2D eigenvalue weighted by molar-refractivity contribution is -0.126. The molecule has 126 valence electrons. The number of carbonyl (C=O) groups is 1. The lowest BCUT2D eigenvalue weighted by atomic mass is 9.90. The number of hydrogen-bond acceptors (Lipinski definition) is 4. The Morgan fingerprint density at radius 1 is 1.48 bits per heavy atom. The van der Waals surface area contributed by atoms with Crippen LogP contribution < -0.4 is 15.2 Å². The highest BCUT2D eigenvalue weighted by molar-refractivity contribution is 5.99. The van der Waals surface area contributed by atoms with Gasteiger partial charge in [0.1, 0.15) is 18.1 Å². The van der Waals surface area contributed by atoms with Crippen LogP contribution in [0.4, 0.5) is 0 Å². The lowest BCUT2D eigenvalue weighted by Crippen LogP contribution is -2.36. The van der Waals surface area contributed by atoms with E-state index in [2.05, 4.69) is 6.92 Å². The smallest absolute Gasteiger partial charge is 0.253 e. The van der Waals surface area contributed by atoms with Gasteiger partial charge in [-0.05, 0) is 42.7 Å². The Morgan fingerprint density at radius 2 is 2.26 bits per heavy atom. The number of rotatable bonds is 3. The molecule has 1 fully saturated rings. The maximum Gasteiger partial charge on any atom is 0.253 e. The standard InChI is InChI=1S/C17H22N2O3.ClH/c1-17(10-18)5-6-19(11-17)16(20)13-7-12-8-14(21-2)3-4-15(12)22-9-13;/h3-4,7-8H,5-6,9-11,18H2,1-2H3;1H. The average Bonchev–Trinajstić information content (AvgIpc) is 2.96. The van der Waals surface area contributed by atoms with Gasteiger partial charge >= 0.3 is 0 Å². The quantitative estimate of drug-likeness (QED) is 0.916. The molecule has 1 atom stereocenters. The molecule has 0 radical (unpaired) electrons. The normalized spacial score (nSPS) is 22.6. The van der Waals surface area contributed by atoms with Crippen LogP contribution in [0.3, 0.4) is 0 Å². The first-order valence-electron chi connectivity index (χ1n) is 7.55. The van der Waals surface area contributed by atoms with E-state index in [-0.39, 0.29) is 23.7 Å². The van der Waals surface area contributed by atoms with Gasteiger partial charge in [-0.3, -0.25) is 4.79 Å². The Hall–Kier alpha value is -1.72. The molecule has 6 heteroatoms. The maximum atomic E-state index is 12.7. The van der Waals surface area contributed by atoms with Crippen LogP contribution in [0.2, 0.25) is 0 Å². The minimum atomic E-state index is 0. The highest BCUT2D eigenvalue weighted by atomic mass is 35.5. The summed E-state index contributed by atoms with van der Waals surface area (Å²) >= 11 is 0. The highest BCUT2D eigenvalue weighted by Crippen LogP contribution is 2.33. The molecule has 0 saturated carbocycles. The molecule has 1 aromatic carbocycles. The highest BCUT2D eigenvalue weighted by Gasteiger charge is 2.36. The molecule has 1 aromatic rings. The van der Waals surface area contributed by atoms with Gasteiger partial charge in [0.05, 0.1) is 12.7 Å². The van der Waals surface area contributed by atoms with Crippen molar-refractivity contribution in [1.82, 2.24) is 4.90 Å². The zero-order valence-electron chi connectivity index (χ0n) is 13.5. The van der Waals surface area contributed by atoms with E-state index < -0.39 is 0 Å². The van der Waals surface area contributed by atoms with Crippen molar-refractivity contribution in [3.8, 4) is 11.5 Å². The predicted octanol–water partition coefficient (Wildman–Crippen LogP) is 2.09. The summed E-state index contributed by atoms with van der Waals surface area (Å²) in [5.74, 6) is 1.58. The van der Waals surface area contributed by atoms with Crippen molar-refractivity contribution in [2.24, 2.45) is 11.1 Å². The van der Waals surface area contributed by atoms with E-state index in [1.165, 1.54) is 0 Å². The van der Waals surface area contributed by atoms with Gasteiger partial charge in [-0.15, -0.1) is 12.4 Å². The molecular formula is C17H23ClN2O3. The van der Waals surface area contributed by atoms with Gasteiger partial charge in [-0.1, -0.05) is 6.92 Å². The molecule has 0 aromatic heterocycles. The van der Waals surface area contributed by atoms with Gasteiger partial charge in [-0.2, -0.15) is 0 Å². The van der Waals surface area contributed by atoms with Crippen molar-refractivity contribution in [1.29, 1.82) is 0 Å². The summed E-state index contributed by atoms with van der Waals surface area (Å²) in [6.07, 6.45) is 2.86. The molecule has 3 rings (SSSR count). The fraction of sp³-hybridized carbons (Fsp3) is 0.471. The van der Waals surface area contributed by atoms with E-state index >= 15 is 0 Å². The van der Waals surface area contributed by atoms with Crippen LogP contribution >= 0.6 is 12.4 Å². The van der Waals surface area contributed by atoms with Crippen LogP contribution in [0.1, 0.15) is 18.9 Å². The van der Waals surface area contributed by atoms with E-state index in [4.69, 9.17) is 15.2 Å². The number of nitrogens with zero attached hydrogens (tertiary/aromatic N) is 1. The number of nitrogens with two attached hydrogens (primary N) is 1. The maximum absolute atomic E-state index is 12.7. The molecular weight excluding hydrogens is 316 g/mol. The van der Waals surface area contributed by atoms with Crippen LogP contribution in [0, 0.1) is 5.41 Å². The third-order valence-electron chi connectivity index (χ3n) is 4.54. The second kappa shape index (κ2) is 6.81. The SMILES string of the molecule is COc1ccc2c(c1)C=C(C(=O)N1CCC(C)(CN)C1)CO2.Cl. The fourth-order valence-corrected chi connectivity index (χ4v) is 2.97. The van der Waals surface area contributed by atoms with Gasteiger partial charge in [0.15, 0.2) is 0 Å². The largest absolute Gasteiger partial charge is 0.497 e. The van der Waals surface area contributed by atoms with Crippen molar-refractivity contribution < 1.29 is 14.3 Å². The van der Waals surface area contributed by atoms with Gasteiger partial charge in [0.2, 0.25) is 0 Å². The second-order valence-electron chi connectivity index (χ2n) is 6.35. The molecule has 1 amide bonds. The van der Waals surface area contributed by atoms with Gasteiger partial charge in [0, 0.05) is 18.7 Å². The number of hydrogen-bond donors (Lipinski definition) is 1. The minimum Gasteiger partial charge on any atom is -0.497 e. The number of benzene rings is 1. The molecule has 0 bridgehead atoms. The summed E-state index contributed by atoms with van der Waals surface area (Å²) in [6.45, 7) is 4.52.